The van der Waals surface area contributed by atoms with E-state index in [0.717, 1.165) is 24.1 Å². The molecule has 2 rings (SSSR count). The molecule has 0 spiro atoms. The molecule has 0 unspecified atom stereocenters. The van der Waals surface area contributed by atoms with Gasteiger partial charge in [0.15, 0.2) is 0 Å². The monoisotopic (exact) mass is 272 g/mol. The van der Waals surface area contributed by atoms with Crippen molar-refractivity contribution in [3.05, 3.63) is 48.3 Å². The van der Waals surface area contributed by atoms with E-state index in [-0.39, 0.29) is 5.91 Å². The zero-order valence-electron chi connectivity index (χ0n) is 11.5. The van der Waals surface area contributed by atoms with Gasteiger partial charge in [0.05, 0.1) is 11.9 Å². The Bertz CT molecular complexity index is 536. The average molecular weight is 272 g/mol. The lowest BCUT2D eigenvalue weighted by Gasteiger charge is -2.03. The summed E-state index contributed by atoms with van der Waals surface area (Å²) in [6.45, 7) is 1.14. The Morgan fingerprint density at radius 3 is 2.80 bits per heavy atom. The molecule has 106 valence electrons. The highest BCUT2D eigenvalue weighted by molar-refractivity contribution is 5.75. The number of aromatic nitrogens is 2. The van der Waals surface area contributed by atoms with Crippen molar-refractivity contribution < 1.29 is 4.79 Å². The third kappa shape index (κ3) is 4.20. The molecular formula is C15H20N4O. The standard InChI is InChI=1S/C15H20N4O/c16-9-5-4-8-15(20)17-10-13-11-18-19(12-13)14-6-2-1-3-7-14/h1-3,6-7,11-12H,4-5,8-10,16H2,(H,17,20). The molecule has 20 heavy (non-hydrogen) atoms. The molecule has 5 nitrogen and oxygen atoms in total. The van der Waals surface area contributed by atoms with Crippen molar-refractivity contribution in [2.24, 2.45) is 5.73 Å². The SMILES string of the molecule is NCCCCC(=O)NCc1cnn(-c2ccccc2)c1. The maximum atomic E-state index is 11.6. The maximum absolute atomic E-state index is 11.6. The van der Waals surface area contributed by atoms with Gasteiger partial charge < -0.3 is 11.1 Å². The van der Waals surface area contributed by atoms with Gasteiger partial charge >= 0.3 is 0 Å². The molecular weight excluding hydrogens is 252 g/mol. The number of carbonyl (C=O) groups excluding carboxylic acids is 1. The number of unbranched alkanes of at least 4 members (excludes halogenated alkanes) is 1. The minimum atomic E-state index is 0.0610. The molecule has 0 aliphatic heterocycles. The van der Waals surface area contributed by atoms with Crippen LogP contribution in [0.15, 0.2) is 42.7 Å². The first kappa shape index (κ1) is 14.3. The highest BCUT2D eigenvalue weighted by Crippen LogP contribution is 2.07. The van der Waals surface area contributed by atoms with Crippen LogP contribution in [-0.2, 0) is 11.3 Å². The summed E-state index contributed by atoms with van der Waals surface area (Å²) in [6, 6.07) is 9.88. The number of para-hydroxylation sites is 1. The number of hydrogen-bond acceptors (Lipinski definition) is 3. The van der Waals surface area contributed by atoms with Crippen molar-refractivity contribution in [3.8, 4) is 5.69 Å². The van der Waals surface area contributed by atoms with Gasteiger partial charge in [0, 0.05) is 24.7 Å². The first-order valence-corrected chi connectivity index (χ1v) is 6.85. The van der Waals surface area contributed by atoms with Gasteiger partial charge in [-0.2, -0.15) is 5.10 Å². The summed E-state index contributed by atoms with van der Waals surface area (Å²) in [4.78, 5) is 11.6. The molecule has 0 bridgehead atoms. The molecule has 1 aromatic heterocycles. The van der Waals surface area contributed by atoms with Gasteiger partial charge in [-0.3, -0.25) is 4.79 Å². The first-order chi connectivity index (χ1) is 9.79. The van der Waals surface area contributed by atoms with Crippen LogP contribution in [0.4, 0.5) is 0 Å². The number of nitrogens with two attached hydrogens (primary N) is 1. The van der Waals surface area contributed by atoms with Crippen LogP contribution < -0.4 is 11.1 Å². The van der Waals surface area contributed by atoms with Crippen molar-refractivity contribution >= 4 is 5.91 Å². The minimum Gasteiger partial charge on any atom is -0.352 e. The molecule has 0 atom stereocenters. The Balaban J connectivity index is 1.83. The van der Waals surface area contributed by atoms with E-state index in [4.69, 9.17) is 5.73 Å². The van der Waals surface area contributed by atoms with Crippen LogP contribution in [0.3, 0.4) is 0 Å². The molecule has 0 fully saturated rings. The van der Waals surface area contributed by atoms with Crippen LogP contribution in [0.25, 0.3) is 5.69 Å². The fraction of sp³-hybridized carbons (Fsp3) is 0.333. The molecule has 5 heteroatoms. The number of nitrogens with zero attached hydrogens (tertiary/aromatic N) is 2. The van der Waals surface area contributed by atoms with Crippen LogP contribution in [0, 0.1) is 0 Å². The second kappa shape index (κ2) is 7.45. The van der Waals surface area contributed by atoms with Crippen molar-refractivity contribution in [2.45, 2.75) is 25.8 Å². The molecule has 0 aliphatic rings. The second-order valence-corrected chi connectivity index (χ2v) is 4.65. The fourth-order valence-electron chi connectivity index (χ4n) is 1.89. The maximum Gasteiger partial charge on any atom is 0.220 e. The molecule has 0 saturated heterocycles. The number of hydrogen-bond donors (Lipinski definition) is 2. The summed E-state index contributed by atoms with van der Waals surface area (Å²) in [5, 5.41) is 7.18. The van der Waals surface area contributed by atoms with Crippen LogP contribution in [0.1, 0.15) is 24.8 Å². The Labute approximate surface area is 118 Å². The summed E-state index contributed by atoms with van der Waals surface area (Å²) >= 11 is 0. The van der Waals surface area contributed by atoms with Crippen LogP contribution in [0.5, 0.6) is 0 Å². The predicted molar refractivity (Wildman–Crippen MR) is 78.3 cm³/mol. The van der Waals surface area contributed by atoms with E-state index in [1.807, 2.05) is 36.5 Å². The third-order valence-electron chi connectivity index (χ3n) is 3.00. The Kier molecular flexibility index (Phi) is 5.32. The van der Waals surface area contributed by atoms with Gasteiger partial charge in [0.1, 0.15) is 0 Å². The number of carbonyl (C=O) groups is 1. The molecule has 0 aliphatic carbocycles. The molecule has 0 saturated carbocycles. The lowest BCUT2D eigenvalue weighted by atomic mass is 10.2. The molecule has 1 amide bonds. The van der Waals surface area contributed by atoms with E-state index >= 15 is 0 Å². The molecule has 2 aromatic rings. The molecule has 1 aromatic carbocycles. The highest BCUT2D eigenvalue weighted by atomic mass is 16.1. The van der Waals surface area contributed by atoms with E-state index in [9.17, 15) is 4.79 Å². The number of rotatable bonds is 7. The summed E-state index contributed by atoms with van der Waals surface area (Å²) in [7, 11) is 0. The van der Waals surface area contributed by atoms with E-state index in [1.54, 1.807) is 10.9 Å². The van der Waals surface area contributed by atoms with Gasteiger partial charge in [-0.05, 0) is 31.5 Å². The van der Waals surface area contributed by atoms with E-state index < -0.39 is 0 Å². The van der Waals surface area contributed by atoms with Crippen molar-refractivity contribution in [3.63, 3.8) is 0 Å². The fourth-order valence-corrected chi connectivity index (χ4v) is 1.89. The summed E-state index contributed by atoms with van der Waals surface area (Å²) in [5.74, 6) is 0.0610. The second-order valence-electron chi connectivity index (χ2n) is 4.65. The van der Waals surface area contributed by atoms with Gasteiger partial charge in [-0.15, -0.1) is 0 Å². The smallest absolute Gasteiger partial charge is 0.220 e. The number of nitrogens with one attached hydrogen (secondary N) is 1. The highest BCUT2D eigenvalue weighted by Gasteiger charge is 2.03. The van der Waals surface area contributed by atoms with Crippen LogP contribution >= 0.6 is 0 Å². The lowest BCUT2D eigenvalue weighted by molar-refractivity contribution is -0.121. The summed E-state index contributed by atoms with van der Waals surface area (Å²) in [6.07, 6.45) is 5.96. The molecule has 0 radical (unpaired) electrons. The third-order valence-corrected chi connectivity index (χ3v) is 3.00. The lowest BCUT2D eigenvalue weighted by Crippen LogP contribution is -2.22. The first-order valence-electron chi connectivity index (χ1n) is 6.85. The van der Waals surface area contributed by atoms with Gasteiger partial charge in [0.25, 0.3) is 0 Å². The predicted octanol–water partition coefficient (Wildman–Crippen LogP) is 1.62. The quantitative estimate of drug-likeness (QED) is 0.752. The number of amides is 1. The van der Waals surface area contributed by atoms with E-state index in [1.165, 1.54) is 0 Å². The number of benzene rings is 1. The van der Waals surface area contributed by atoms with E-state index in [0.29, 0.717) is 19.5 Å². The zero-order chi connectivity index (χ0) is 14.2. The molecule has 1 heterocycles. The Morgan fingerprint density at radius 2 is 2.05 bits per heavy atom. The topological polar surface area (TPSA) is 72.9 Å². The average Bonchev–Trinajstić information content (AvgIpc) is 2.95. The minimum absolute atomic E-state index is 0.0610. The largest absolute Gasteiger partial charge is 0.352 e. The Hall–Kier alpha value is -2.14. The van der Waals surface area contributed by atoms with Gasteiger partial charge in [0.2, 0.25) is 5.91 Å². The van der Waals surface area contributed by atoms with Gasteiger partial charge in [-0.25, -0.2) is 4.68 Å². The van der Waals surface area contributed by atoms with Crippen molar-refractivity contribution in [1.29, 1.82) is 0 Å². The zero-order valence-corrected chi connectivity index (χ0v) is 11.5. The van der Waals surface area contributed by atoms with Crippen LogP contribution in [-0.4, -0.2) is 22.2 Å². The van der Waals surface area contributed by atoms with Crippen molar-refractivity contribution in [2.75, 3.05) is 6.54 Å². The van der Waals surface area contributed by atoms with Gasteiger partial charge in [-0.1, -0.05) is 18.2 Å². The van der Waals surface area contributed by atoms with E-state index in [2.05, 4.69) is 10.4 Å². The Morgan fingerprint density at radius 1 is 1.25 bits per heavy atom. The summed E-state index contributed by atoms with van der Waals surface area (Å²) in [5.41, 5.74) is 7.39. The normalized spacial score (nSPS) is 10.4. The van der Waals surface area contributed by atoms with Crippen LogP contribution in [0.2, 0.25) is 0 Å². The summed E-state index contributed by atoms with van der Waals surface area (Å²) < 4.78 is 1.80. The molecule has 3 N–H and O–H groups in total. The van der Waals surface area contributed by atoms with Crippen molar-refractivity contribution in [1.82, 2.24) is 15.1 Å².